The zero-order chi connectivity index (χ0) is 33.9. The van der Waals surface area contributed by atoms with Crippen molar-refractivity contribution in [3.63, 3.8) is 0 Å². The number of hydrogen-bond donors (Lipinski definition) is 0. The summed E-state index contributed by atoms with van der Waals surface area (Å²) >= 11 is 0. The van der Waals surface area contributed by atoms with E-state index in [9.17, 15) is 0 Å². The van der Waals surface area contributed by atoms with E-state index in [1.807, 2.05) is 24.3 Å². The molecule has 4 nitrogen and oxygen atoms in total. The second kappa shape index (κ2) is 10.3. The van der Waals surface area contributed by atoms with Crippen LogP contribution in [-0.2, 0) is 0 Å². The number of para-hydroxylation sites is 4. The fourth-order valence-corrected chi connectivity index (χ4v) is 8.66. The van der Waals surface area contributed by atoms with E-state index in [0.29, 0.717) is 0 Å². The van der Waals surface area contributed by atoms with Gasteiger partial charge in [-0.1, -0.05) is 97.1 Å². The number of fused-ring (bicyclic) bond motifs is 12. The summed E-state index contributed by atoms with van der Waals surface area (Å²) < 4.78 is 17.2. The van der Waals surface area contributed by atoms with E-state index in [2.05, 4.69) is 155 Å². The number of nitrogens with zero attached hydrogens (tertiary/aromatic N) is 2. The Morgan fingerprint density at radius 1 is 0.308 bits per heavy atom. The van der Waals surface area contributed by atoms with Crippen LogP contribution in [0.2, 0.25) is 0 Å². The van der Waals surface area contributed by atoms with Crippen LogP contribution in [0.3, 0.4) is 0 Å². The second-order valence-corrected chi connectivity index (χ2v) is 13.7. The largest absolute Gasteiger partial charge is 0.456 e. The van der Waals surface area contributed by atoms with Crippen molar-refractivity contribution in [3.05, 3.63) is 170 Å². The zero-order valence-electron chi connectivity index (χ0n) is 27.9. The van der Waals surface area contributed by atoms with Crippen LogP contribution in [0.25, 0.3) is 110 Å². The van der Waals surface area contributed by atoms with Gasteiger partial charge in [-0.25, -0.2) is 0 Å². The fraction of sp³-hybridized carbons (Fsp3) is 0. The van der Waals surface area contributed by atoms with E-state index in [4.69, 9.17) is 8.83 Å². The van der Waals surface area contributed by atoms with E-state index < -0.39 is 0 Å². The number of benzene rings is 8. The third-order valence-electron chi connectivity index (χ3n) is 10.9. The Kier molecular flexibility index (Phi) is 5.47. The van der Waals surface area contributed by atoms with Crippen LogP contribution in [0.15, 0.2) is 179 Å². The van der Waals surface area contributed by atoms with Gasteiger partial charge in [0.15, 0.2) is 0 Å². The molecule has 0 unspecified atom stereocenters. The highest BCUT2D eigenvalue weighted by atomic mass is 16.3. The van der Waals surface area contributed by atoms with Crippen molar-refractivity contribution in [2.24, 2.45) is 0 Å². The Hall–Kier alpha value is -7.04. The molecule has 8 aromatic carbocycles. The highest BCUT2D eigenvalue weighted by Crippen LogP contribution is 2.42. The average molecular weight is 665 g/mol. The molecular weight excluding hydrogens is 637 g/mol. The molecule has 0 bridgehead atoms. The van der Waals surface area contributed by atoms with E-state index in [-0.39, 0.29) is 0 Å². The Bertz CT molecular complexity index is 3420. The minimum Gasteiger partial charge on any atom is -0.456 e. The maximum atomic E-state index is 6.21. The monoisotopic (exact) mass is 664 g/mol. The number of aromatic nitrogens is 2. The lowest BCUT2D eigenvalue weighted by molar-refractivity contribution is 0.668. The van der Waals surface area contributed by atoms with Gasteiger partial charge in [0.05, 0.1) is 22.1 Å². The molecule has 0 amide bonds. The molecule has 0 atom stereocenters. The summed E-state index contributed by atoms with van der Waals surface area (Å²) in [5.41, 5.74) is 12.9. The summed E-state index contributed by atoms with van der Waals surface area (Å²) in [4.78, 5) is 0. The van der Waals surface area contributed by atoms with Gasteiger partial charge in [-0.15, -0.1) is 0 Å². The van der Waals surface area contributed by atoms with Crippen LogP contribution in [0.4, 0.5) is 0 Å². The molecule has 0 saturated heterocycles. The van der Waals surface area contributed by atoms with Crippen molar-refractivity contribution >= 4 is 87.5 Å². The molecule has 0 N–H and O–H groups in total. The van der Waals surface area contributed by atoms with Gasteiger partial charge in [-0.05, 0) is 83.9 Å². The van der Waals surface area contributed by atoms with Gasteiger partial charge in [0, 0.05) is 54.5 Å². The molecule has 12 aromatic rings. The minimum absolute atomic E-state index is 0.898. The molecule has 12 rings (SSSR count). The molecule has 52 heavy (non-hydrogen) atoms. The first kappa shape index (κ1) is 27.7. The van der Waals surface area contributed by atoms with Gasteiger partial charge < -0.3 is 18.0 Å². The summed E-state index contributed by atoms with van der Waals surface area (Å²) in [6.45, 7) is 0. The number of furan rings is 2. The molecular formula is C48H28N2O2. The SMILES string of the molecule is c1ccc2c(c1)oc1ccc(-n3c4ccccc4c4ccc(-c5cccc6c5c5ccccc5n6-c5ccc6oc7ccccc7c6c5)cc43)cc12. The quantitative estimate of drug-likeness (QED) is 0.188. The van der Waals surface area contributed by atoms with Crippen LogP contribution < -0.4 is 0 Å². The normalized spacial score (nSPS) is 12.2. The van der Waals surface area contributed by atoms with Gasteiger partial charge >= 0.3 is 0 Å². The highest BCUT2D eigenvalue weighted by molar-refractivity contribution is 6.18. The van der Waals surface area contributed by atoms with Crippen LogP contribution in [0.1, 0.15) is 0 Å². The first-order valence-corrected chi connectivity index (χ1v) is 17.7. The Morgan fingerprint density at radius 2 is 0.808 bits per heavy atom. The first-order chi connectivity index (χ1) is 25.8. The van der Waals surface area contributed by atoms with Crippen molar-refractivity contribution in [2.45, 2.75) is 0 Å². The van der Waals surface area contributed by atoms with Crippen LogP contribution in [0, 0.1) is 0 Å². The molecule has 0 spiro atoms. The van der Waals surface area contributed by atoms with Gasteiger partial charge in [0.1, 0.15) is 22.3 Å². The van der Waals surface area contributed by atoms with Gasteiger partial charge in [0.25, 0.3) is 0 Å². The van der Waals surface area contributed by atoms with E-state index in [1.54, 1.807) is 0 Å². The van der Waals surface area contributed by atoms with Gasteiger partial charge in [-0.2, -0.15) is 0 Å². The van der Waals surface area contributed by atoms with Crippen molar-refractivity contribution in [1.82, 2.24) is 9.13 Å². The standard InChI is InChI=1S/C48H28N2O2/c1-5-15-40-33(10-1)34-23-20-29(26-43(34)50(40)31-22-25-47-39(28-31)36-12-4-8-19-45(36)52-47)32-14-9-17-42-48(32)37-13-2-6-16-41(37)49(42)30-21-24-46-38(27-30)35-11-3-7-18-44(35)51-46/h1-28H. The van der Waals surface area contributed by atoms with Gasteiger partial charge in [-0.3, -0.25) is 0 Å². The van der Waals surface area contributed by atoms with Crippen LogP contribution in [0.5, 0.6) is 0 Å². The minimum atomic E-state index is 0.898. The fourth-order valence-electron chi connectivity index (χ4n) is 8.66. The lowest BCUT2D eigenvalue weighted by Crippen LogP contribution is -1.94. The molecule has 4 heterocycles. The van der Waals surface area contributed by atoms with E-state index in [0.717, 1.165) is 55.3 Å². The molecule has 0 fully saturated rings. The summed E-state index contributed by atoms with van der Waals surface area (Å²) in [6.07, 6.45) is 0. The zero-order valence-corrected chi connectivity index (χ0v) is 27.9. The molecule has 0 saturated carbocycles. The molecule has 242 valence electrons. The number of rotatable bonds is 3. The summed E-state index contributed by atoms with van der Waals surface area (Å²) in [7, 11) is 0. The van der Waals surface area contributed by atoms with Crippen LogP contribution in [-0.4, -0.2) is 9.13 Å². The predicted octanol–water partition coefficient (Wildman–Crippen LogP) is 13.3. The number of hydrogen-bond acceptors (Lipinski definition) is 2. The Balaban J connectivity index is 1.11. The Labute approximate surface area is 296 Å². The summed E-state index contributed by atoms with van der Waals surface area (Å²) in [5, 5.41) is 9.43. The van der Waals surface area contributed by atoms with Crippen molar-refractivity contribution in [3.8, 4) is 22.5 Å². The maximum Gasteiger partial charge on any atom is 0.135 e. The third-order valence-corrected chi connectivity index (χ3v) is 10.9. The first-order valence-electron chi connectivity index (χ1n) is 17.7. The van der Waals surface area contributed by atoms with Crippen LogP contribution >= 0.6 is 0 Å². The molecule has 4 heteroatoms. The smallest absolute Gasteiger partial charge is 0.135 e. The summed E-state index contributed by atoms with van der Waals surface area (Å²) in [5.74, 6) is 0. The Morgan fingerprint density at radius 3 is 1.48 bits per heavy atom. The van der Waals surface area contributed by atoms with Crippen molar-refractivity contribution < 1.29 is 8.83 Å². The lowest BCUT2D eigenvalue weighted by Gasteiger charge is -2.11. The predicted molar refractivity (Wildman–Crippen MR) is 215 cm³/mol. The molecule has 0 aliphatic carbocycles. The molecule has 0 radical (unpaired) electrons. The van der Waals surface area contributed by atoms with E-state index >= 15 is 0 Å². The van der Waals surface area contributed by atoms with E-state index in [1.165, 1.54) is 54.7 Å². The molecule has 4 aromatic heterocycles. The maximum absolute atomic E-state index is 6.21. The average Bonchev–Trinajstić information content (AvgIpc) is 3.94. The lowest BCUT2D eigenvalue weighted by atomic mass is 9.98. The topological polar surface area (TPSA) is 36.1 Å². The van der Waals surface area contributed by atoms with Gasteiger partial charge in [0.2, 0.25) is 0 Å². The van der Waals surface area contributed by atoms with Crippen molar-refractivity contribution in [1.29, 1.82) is 0 Å². The molecule has 0 aliphatic rings. The molecule has 0 aliphatic heterocycles. The highest BCUT2D eigenvalue weighted by Gasteiger charge is 2.19. The third kappa shape index (κ3) is 3.75. The van der Waals surface area contributed by atoms with Crippen molar-refractivity contribution in [2.75, 3.05) is 0 Å². The summed E-state index contributed by atoms with van der Waals surface area (Å²) in [6, 6.07) is 60.8. The second-order valence-electron chi connectivity index (χ2n) is 13.7.